The highest BCUT2D eigenvalue weighted by molar-refractivity contribution is 5.96. The molecular weight excluding hydrogens is 390 g/mol. The SMILES string of the molecule is Cc1cc(C)cc(-c2nccc3c(C)c(-c4ccc(C(C)(C)C)cc4C(C)(C)C)oc23)c1. The molecule has 0 atom stereocenters. The first-order valence-corrected chi connectivity index (χ1v) is 11.5. The van der Waals surface area contributed by atoms with Gasteiger partial charge >= 0.3 is 0 Å². The molecular formula is C30H35NO. The van der Waals surface area contributed by atoms with Crippen LogP contribution in [0.4, 0.5) is 0 Å². The Balaban J connectivity index is 1.98. The molecule has 0 aliphatic rings. The van der Waals surface area contributed by atoms with E-state index in [0.717, 1.165) is 28.0 Å². The van der Waals surface area contributed by atoms with Crippen LogP contribution in [0.15, 0.2) is 53.1 Å². The van der Waals surface area contributed by atoms with Gasteiger partial charge in [0.15, 0.2) is 5.58 Å². The molecule has 0 saturated heterocycles. The van der Waals surface area contributed by atoms with Crippen molar-refractivity contribution in [2.75, 3.05) is 0 Å². The molecule has 4 aromatic rings. The number of aromatic nitrogens is 1. The molecule has 2 nitrogen and oxygen atoms in total. The quantitative estimate of drug-likeness (QED) is 0.321. The Morgan fingerprint density at radius 3 is 2.00 bits per heavy atom. The second-order valence-corrected chi connectivity index (χ2v) is 11.2. The highest BCUT2D eigenvalue weighted by Crippen LogP contribution is 2.42. The summed E-state index contributed by atoms with van der Waals surface area (Å²) in [5, 5.41) is 1.13. The minimum absolute atomic E-state index is 0.00323. The van der Waals surface area contributed by atoms with Crippen LogP contribution in [0.5, 0.6) is 0 Å². The normalized spacial score (nSPS) is 12.5. The van der Waals surface area contributed by atoms with E-state index in [2.05, 4.69) is 105 Å². The average Bonchev–Trinajstić information content (AvgIpc) is 3.02. The van der Waals surface area contributed by atoms with Gasteiger partial charge < -0.3 is 4.42 Å². The van der Waals surface area contributed by atoms with Crippen LogP contribution in [-0.4, -0.2) is 4.98 Å². The van der Waals surface area contributed by atoms with Gasteiger partial charge in [0.25, 0.3) is 0 Å². The van der Waals surface area contributed by atoms with Gasteiger partial charge in [-0.3, -0.25) is 4.98 Å². The van der Waals surface area contributed by atoms with Crippen molar-refractivity contribution < 1.29 is 4.42 Å². The van der Waals surface area contributed by atoms with Crippen LogP contribution < -0.4 is 0 Å². The van der Waals surface area contributed by atoms with Gasteiger partial charge in [-0.05, 0) is 60.9 Å². The van der Waals surface area contributed by atoms with Crippen molar-refractivity contribution in [3.8, 4) is 22.6 Å². The predicted octanol–water partition coefficient (Wildman–Crippen LogP) is 8.68. The Morgan fingerprint density at radius 1 is 0.750 bits per heavy atom. The fourth-order valence-electron chi connectivity index (χ4n) is 4.55. The van der Waals surface area contributed by atoms with E-state index in [9.17, 15) is 0 Å². The number of hydrogen-bond acceptors (Lipinski definition) is 2. The lowest BCUT2D eigenvalue weighted by atomic mass is 9.78. The minimum atomic E-state index is -0.00323. The fraction of sp³-hybridized carbons (Fsp3) is 0.367. The van der Waals surface area contributed by atoms with E-state index in [0.29, 0.717) is 0 Å². The lowest BCUT2D eigenvalue weighted by molar-refractivity contribution is 0.565. The maximum absolute atomic E-state index is 6.65. The van der Waals surface area contributed by atoms with E-state index in [1.165, 1.54) is 33.4 Å². The number of fused-ring (bicyclic) bond motifs is 1. The van der Waals surface area contributed by atoms with E-state index < -0.39 is 0 Å². The third-order valence-electron chi connectivity index (χ3n) is 6.29. The third-order valence-corrected chi connectivity index (χ3v) is 6.29. The van der Waals surface area contributed by atoms with Crippen molar-refractivity contribution >= 4 is 11.0 Å². The molecule has 4 rings (SSSR count). The van der Waals surface area contributed by atoms with Gasteiger partial charge in [0.1, 0.15) is 11.5 Å². The molecule has 0 N–H and O–H groups in total. The largest absolute Gasteiger partial charge is 0.453 e. The van der Waals surface area contributed by atoms with Crippen LogP contribution >= 0.6 is 0 Å². The molecule has 2 heterocycles. The van der Waals surface area contributed by atoms with Crippen molar-refractivity contribution in [3.05, 3.63) is 76.5 Å². The molecule has 0 fully saturated rings. The molecule has 2 heteroatoms. The van der Waals surface area contributed by atoms with Gasteiger partial charge in [0.05, 0.1) is 0 Å². The number of hydrogen-bond donors (Lipinski definition) is 0. The maximum atomic E-state index is 6.65. The summed E-state index contributed by atoms with van der Waals surface area (Å²) in [5.41, 5.74) is 10.4. The Labute approximate surface area is 192 Å². The summed E-state index contributed by atoms with van der Waals surface area (Å²) in [5.74, 6) is 0.948. The van der Waals surface area contributed by atoms with Gasteiger partial charge in [-0.2, -0.15) is 0 Å². The zero-order valence-corrected chi connectivity index (χ0v) is 21.0. The third kappa shape index (κ3) is 3.99. The molecule has 0 radical (unpaired) electrons. The summed E-state index contributed by atoms with van der Waals surface area (Å²) >= 11 is 0. The fourth-order valence-corrected chi connectivity index (χ4v) is 4.55. The molecule has 0 amide bonds. The molecule has 32 heavy (non-hydrogen) atoms. The summed E-state index contributed by atoms with van der Waals surface area (Å²) in [4.78, 5) is 4.73. The van der Waals surface area contributed by atoms with Crippen LogP contribution in [0.2, 0.25) is 0 Å². The number of rotatable bonds is 2. The summed E-state index contributed by atoms with van der Waals surface area (Å²) < 4.78 is 6.65. The monoisotopic (exact) mass is 425 g/mol. The molecule has 0 aliphatic heterocycles. The topological polar surface area (TPSA) is 26.0 Å². The van der Waals surface area contributed by atoms with Gasteiger partial charge in [-0.15, -0.1) is 0 Å². The van der Waals surface area contributed by atoms with Gasteiger partial charge in [0.2, 0.25) is 0 Å². The summed E-state index contributed by atoms with van der Waals surface area (Å²) in [6, 6.07) is 15.5. The predicted molar refractivity (Wildman–Crippen MR) is 136 cm³/mol. The Morgan fingerprint density at radius 2 is 1.41 bits per heavy atom. The smallest absolute Gasteiger partial charge is 0.161 e. The summed E-state index contributed by atoms with van der Waals surface area (Å²) in [6.45, 7) is 20.0. The van der Waals surface area contributed by atoms with Gasteiger partial charge in [-0.25, -0.2) is 0 Å². The molecule has 166 valence electrons. The zero-order chi connectivity index (χ0) is 23.4. The number of aryl methyl sites for hydroxylation is 3. The molecule has 0 aliphatic carbocycles. The molecule has 0 spiro atoms. The van der Waals surface area contributed by atoms with Gasteiger partial charge in [0, 0.05) is 28.3 Å². The van der Waals surface area contributed by atoms with E-state index in [1.807, 2.05) is 6.20 Å². The molecule has 2 aromatic heterocycles. The number of furan rings is 1. The minimum Gasteiger partial charge on any atom is -0.453 e. The standard InChI is InChI=1S/C30H35NO/c1-18-14-19(2)16-21(15-18)26-28-23(12-13-31-26)20(3)27(32-28)24-11-10-22(29(4,5)6)17-25(24)30(7,8)9/h10-17H,1-9H3. The van der Waals surface area contributed by atoms with Crippen LogP contribution in [0.1, 0.15) is 69.4 Å². The Kier molecular flexibility index (Phi) is 5.32. The Hall–Kier alpha value is -2.87. The second kappa shape index (κ2) is 7.62. The molecule has 0 bridgehead atoms. The summed E-state index contributed by atoms with van der Waals surface area (Å²) in [7, 11) is 0. The van der Waals surface area contributed by atoms with Crippen LogP contribution in [0.25, 0.3) is 33.6 Å². The van der Waals surface area contributed by atoms with Crippen molar-refractivity contribution in [1.29, 1.82) is 0 Å². The first kappa shape index (κ1) is 22.3. The number of pyridine rings is 1. The number of nitrogens with zero attached hydrogens (tertiary/aromatic N) is 1. The van der Waals surface area contributed by atoms with Crippen molar-refractivity contribution in [2.45, 2.75) is 73.1 Å². The highest BCUT2D eigenvalue weighted by atomic mass is 16.3. The average molecular weight is 426 g/mol. The first-order valence-electron chi connectivity index (χ1n) is 11.5. The van der Waals surface area contributed by atoms with E-state index in [4.69, 9.17) is 9.40 Å². The van der Waals surface area contributed by atoms with E-state index in [1.54, 1.807) is 0 Å². The van der Waals surface area contributed by atoms with Crippen molar-refractivity contribution in [1.82, 2.24) is 4.98 Å². The van der Waals surface area contributed by atoms with Crippen LogP contribution in [0, 0.1) is 20.8 Å². The second-order valence-electron chi connectivity index (χ2n) is 11.2. The lowest BCUT2D eigenvalue weighted by Gasteiger charge is -2.27. The lowest BCUT2D eigenvalue weighted by Crippen LogP contribution is -2.17. The summed E-state index contributed by atoms with van der Waals surface area (Å²) in [6.07, 6.45) is 1.90. The van der Waals surface area contributed by atoms with Crippen molar-refractivity contribution in [3.63, 3.8) is 0 Å². The zero-order valence-electron chi connectivity index (χ0n) is 21.0. The first-order chi connectivity index (χ1) is 14.9. The highest BCUT2D eigenvalue weighted by Gasteiger charge is 2.26. The number of benzene rings is 2. The molecule has 0 unspecified atom stereocenters. The Bertz CT molecular complexity index is 1290. The molecule has 0 saturated carbocycles. The van der Waals surface area contributed by atoms with Crippen LogP contribution in [-0.2, 0) is 10.8 Å². The van der Waals surface area contributed by atoms with Gasteiger partial charge in [-0.1, -0.05) is 76.9 Å². The van der Waals surface area contributed by atoms with Crippen molar-refractivity contribution in [2.24, 2.45) is 0 Å². The van der Waals surface area contributed by atoms with Crippen LogP contribution in [0.3, 0.4) is 0 Å². The molecule has 2 aromatic carbocycles. The van der Waals surface area contributed by atoms with E-state index >= 15 is 0 Å². The van der Waals surface area contributed by atoms with E-state index in [-0.39, 0.29) is 10.8 Å². The maximum Gasteiger partial charge on any atom is 0.161 e.